The van der Waals surface area contributed by atoms with Crippen LogP contribution in [0.2, 0.25) is 0 Å². The van der Waals surface area contributed by atoms with Gasteiger partial charge in [0.25, 0.3) is 20.0 Å². The molecule has 9 nitrogen and oxygen atoms in total. The topological polar surface area (TPSA) is 117 Å². The molecule has 47 heavy (non-hydrogen) atoms. The normalized spacial score (nSPS) is 12.3. The van der Waals surface area contributed by atoms with Gasteiger partial charge >= 0.3 is 0 Å². The molecule has 0 saturated carbocycles. The van der Waals surface area contributed by atoms with Gasteiger partial charge < -0.3 is 14.6 Å². The average Bonchev–Trinajstić information content (AvgIpc) is 3.68. The quantitative estimate of drug-likeness (QED) is 0.149. The third-order valence-electron chi connectivity index (χ3n) is 7.48. The minimum absolute atomic E-state index is 0.104. The second kappa shape index (κ2) is 14.0. The number of ether oxygens (including phenoxy) is 2. The molecule has 0 aliphatic carbocycles. The van der Waals surface area contributed by atoms with Crippen molar-refractivity contribution < 1.29 is 31.4 Å². The molecule has 0 saturated heterocycles. The number of rotatable bonds is 9. The third-order valence-corrected chi connectivity index (χ3v) is 12.4. The van der Waals surface area contributed by atoms with Crippen LogP contribution in [-0.2, 0) is 42.7 Å². The van der Waals surface area contributed by atoms with Crippen LogP contribution in [0.1, 0.15) is 25.0 Å². The largest absolute Gasteiger partial charge is 0.392 e. The SMILES string of the molecule is COC(C)(C)OCc1cc2ccn(S(=O)(=O)c3ccccc3)c2cc1Br.O=S(=O)(c1ccccc1)n1ccc2cc(CO)c(Br)cc21. The predicted octanol–water partition coefficient (Wildman–Crippen LogP) is 7.67. The van der Waals surface area contributed by atoms with Gasteiger partial charge in [-0.15, -0.1) is 0 Å². The lowest BCUT2D eigenvalue weighted by molar-refractivity contribution is -0.204. The summed E-state index contributed by atoms with van der Waals surface area (Å²) in [6.45, 7) is 3.91. The zero-order chi connectivity index (χ0) is 34.0. The van der Waals surface area contributed by atoms with Crippen molar-refractivity contribution in [2.45, 2.75) is 42.6 Å². The van der Waals surface area contributed by atoms with Crippen molar-refractivity contribution in [3.05, 3.63) is 130 Å². The molecule has 13 heteroatoms. The Balaban J connectivity index is 0.000000189. The molecule has 0 unspecified atom stereocenters. The Kier molecular flexibility index (Phi) is 10.5. The van der Waals surface area contributed by atoms with Gasteiger partial charge in [0.15, 0.2) is 5.79 Å². The van der Waals surface area contributed by atoms with E-state index in [4.69, 9.17) is 9.47 Å². The number of hydrogen-bond donors (Lipinski definition) is 1. The highest BCUT2D eigenvalue weighted by Crippen LogP contribution is 2.30. The highest BCUT2D eigenvalue weighted by molar-refractivity contribution is 9.10. The first-order valence-corrected chi connectivity index (χ1v) is 18.8. The number of aromatic nitrogens is 2. The van der Waals surface area contributed by atoms with Gasteiger partial charge in [0, 0.05) is 39.2 Å². The van der Waals surface area contributed by atoms with Crippen molar-refractivity contribution in [1.29, 1.82) is 0 Å². The summed E-state index contributed by atoms with van der Waals surface area (Å²) in [7, 11) is -5.68. The Morgan fingerprint density at radius 1 is 0.681 bits per heavy atom. The van der Waals surface area contributed by atoms with E-state index in [1.54, 1.807) is 104 Å². The Morgan fingerprint density at radius 2 is 1.11 bits per heavy atom. The van der Waals surface area contributed by atoms with Crippen LogP contribution < -0.4 is 0 Å². The van der Waals surface area contributed by atoms with Crippen LogP contribution in [0.25, 0.3) is 21.8 Å². The molecule has 0 atom stereocenters. The van der Waals surface area contributed by atoms with E-state index >= 15 is 0 Å². The summed E-state index contributed by atoms with van der Waals surface area (Å²) in [5, 5.41) is 10.9. The van der Waals surface area contributed by atoms with Crippen molar-refractivity contribution in [3.63, 3.8) is 0 Å². The summed E-state index contributed by atoms with van der Waals surface area (Å²) in [6.07, 6.45) is 3.10. The minimum atomic E-state index is -3.65. The van der Waals surface area contributed by atoms with Crippen LogP contribution >= 0.6 is 31.9 Å². The molecule has 0 bridgehead atoms. The third kappa shape index (κ3) is 7.41. The van der Waals surface area contributed by atoms with E-state index in [1.165, 1.54) is 14.1 Å². The molecule has 0 aliphatic heterocycles. The van der Waals surface area contributed by atoms with Crippen LogP contribution in [-0.4, -0.2) is 42.8 Å². The maximum atomic E-state index is 12.9. The number of halogens is 2. The standard InChI is InChI=1S/C19H20BrNO4S.C15H12BrNO3S/c1-19(2,24-3)25-13-15-11-14-9-10-21(18(14)12-17(15)20)26(22,23)16-7-5-4-6-8-16;16-14-9-15-11(8-12(14)10-18)6-7-17(15)21(19,20)13-4-2-1-3-5-13/h4-12H,13H2,1-3H3;1-9,18H,10H2. The number of benzene rings is 4. The summed E-state index contributed by atoms with van der Waals surface area (Å²) >= 11 is 6.87. The number of methoxy groups -OCH3 is 1. The molecule has 0 fully saturated rings. The van der Waals surface area contributed by atoms with Gasteiger partial charge in [-0.1, -0.05) is 68.3 Å². The molecule has 246 valence electrons. The molecule has 4 aromatic carbocycles. The molecule has 2 heterocycles. The van der Waals surface area contributed by atoms with Crippen molar-refractivity contribution in [1.82, 2.24) is 7.94 Å². The van der Waals surface area contributed by atoms with Gasteiger partial charge in [-0.3, -0.25) is 0 Å². The molecular weight excluding hydrogens is 772 g/mol. The first-order valence-electron chi connectivity index (χ1n) is 14.3. The highest BCUT2D eigenvalue weighted by Gasteiger charge is 2.22. The van der Waals surface area contributed by atoms with Crippen LogP contribution in [0.3, 0.4) is 0 Å². The summed E-state index contributed by atoms with van der Waals surface area (Å²) in [6, 6.07) is 27.4. The molecule has 0 amide bonds. The van der Waals surface area contributed by atoms with E-state index in [-0.39, 0.29) is 16.4 Å². The summed E-state index contributed by atoms with van der Waals surface area (Å²) < 4.78 is 66.2. The lowest BCUT2D eigenvalue weighted by atomic mass is 10.1. The van der Waals surface area contributed by atoms with E-state index in [1.807, 2.05) is 19.9 Å². The van der Waals surface area contributed by atoms with Crippen molar-refractivity contribution in [2.75, 3.05) is 7.11 Å². The lowest BCUT2D eigenvalue weighted by Gasteiger charge is -2.23. The molecule has 2 aromatic heterocycles. The molecule has 0 aliphatic rings. The van der Waals surface area contributed by atoms with E-state index < -0.39 is 25.8 Å². The molecule has 6 rings (SSSR count). The fourth-order valence-corrected chi connectivity index (χ4v) is 8.37. The summed E-state index contributed by atoms with van der Waals surface area (Å²) in [5.41, 5.74) is 2.81. The van der Waals surface area contributed by atoms with Crippen LogP contribution in [0.15, 0.2) is 128 Å². The molecule has 1 N–H and O–H groups in total. The van der Waals surface area contributed by atoms with E-state index in [2.05, 4.69) is 31.9 Å². The van der Waals surface area contributed by atoms with Crippen LogP contribution in [0.4, 0.5) is 0 Å². The van der Waals surface area contributed by atoms with Gasteiger partial charge in [0.1, 0.15) is 0 Å². The number of hydrogen-bond acceptors (Lipinski definition) is 7. The predicted molar refractivity (Wildman–Crippen MR) is 189 cm³/mol. The van der Waals surface area contributed by atoms with E-state index in [9.17, 15) is 21.9 Å². The minimum Gasteiger partial charge on any atom is -0.392 e. The number of nitrogens with zero attached hydrogens (tertiary/aromatic N) is 2. The van der Waals surface area contributed by atoms with Crippen LogP contribution in [0, 0.1) is 0 Å². The van der Waals surface area contributed by atoms with Gasteiger partial charge in [-0.2, -0.15) is 0 Å². The van der Waals surface area contributed by atoms with Gasteiger partial charge in [-0.25, -0.2) is 24.8 Å². The molecule has 0 spiro atoms. The van der Waals surface area contributed by atoms with Gasteiger partial charge in [0.2, 0.25) is 0 Å². The first-order chi connectivity index (χ1) is 22.3. The summed E-state index contributed by atoms with van der Waals surface area (Å²) in [4.78, 5) is 0.493. The van der Waals surface area contributed by atoms with E-state index in [0.29, 0.717) is 22.1 Å². The maximum Gasteiger partial charge on any atom is 0.268 e. The molecule has 6 aromatic rings. The molecule has 0 radical (unpaired) electrons. The number of aliphatic hydroxyl groups is 1. The van der Waals surface area contributed by atoms with Crippen LogP contribution in [0.5, 0.6) is 0 Å². The zero-order valence-corrected chi connectivity index (χ0v) is 30.5. The zero-order valence-electron chi connectivity index (χ0n) is 25.7. The molecular formula is C34H32Br2N2O7S2. The number of fused-ring (bicyclic) bond motifs is 2. The summed E-state index contributed by atoms with van der Waals surface area (Å²) in [5.74, 6) is -0.697. The van der Waals surface area contributed by atoms with Crippen molar-refractivity contribution in [3.8, 4) is 0 Å². The van der Waals surface area contributed by atoms with Crippen molar-refractivity contribution in [2.24, 2.45) is 0 Å². The fraction of sp³-hybridized carbons (Fsp3) is 0.176. The van der Waals surface area contributed by atoms with Crippen molar-refractivity contribution >= 4 is 73.7 Å². The second-order valence-corrected chi connectivity index (χ2v) is 16.3. The smallest absolute Gasteiger partial charge is 0.268 e. The first kappa shape index (κ1) is 35.0. The highest BCUT2D eigenvalue weighted by atomic mass is 79.9. The van der Waals surface area contributed by atoms with Gasteiger partial charge in [-0.05, 0) is 85.6 Å². The maximum absolute atomic E-state index is 12.9. The average molecular weight is 805 g/mol. The van der Waals surface area contributed by atoms with E-state index in [0.717, 1.165) is 26.4 Å². The Morgan fingerprint density at radius 3 is 1.53 bits per heavy atom. The second-order valence-electron chi connectivity index (χ2n) is 10.9. The Labute approximate surface area is 290 Å². The number of aliphatic hydroxyl groups excluding tert-OH is 1. The lowest BCUT2D eigenvalue weighted by Crippen LogP contribution is -2.26. The Bertz CT molecular complexity index is 2250. The van der Waals surface area contributed by atoms with Gasteiger partial charge in [0.05, 0.1) is 34.0 Å². The fourth-order valence-electron chi connectivity index (χ4n) is 4.73. The Hall–Kier alpha value is -3.30. The monoisotopic (exact) mass is 802 g/mol.